The van der Waals surface area contributed by atoms with Crippen LogP contribution in [0.1, 0.15) is 38.6 Å². The van der Waals surface area contributed by atoms with E-state index in [4.69, 9.17) is 0 Å². The molecule has 23 heavy (non-hydrogen) atoms. The SMILES string of the molecule is C/C(CCC(C)C)=N/NC(=O)Cc1nc(-c2ccccc2)cs1. The van der Waals surface area contributed by atoms with Gasteiger partial charge in [0.05, 0.1) is 12.1 Å². The van der Waals surface area contributed by atoms with Gasteiger partial charge >= 0.3 is 0 Å². The van der Waals surface area contributed by atoms with Gasteiger partial charge in [0.25, 0.3) is 0 Å². The van der Waals surface area contributed by atoms with Crippen molar-refractivity contribution in [1.29, 1.82) is 0 Å². The molecule has 1 amide bonds. The van der Waals surface area contributed by atoms with Crippen molar-refractivity contribution >= 4 is 23.0 Å². The molecular weight excluding hydrogens is 306 g/mol. The minimum atomic E-state index is -0.122. The van der Waals surface area contributed by atoms with Crippen molar-refractivity contribution < 1.29 is 4.79 Å². The summed E-state index contributed by atoms with van der Waals surface area (Å²) in [4.78, 5) is 16.5. The Balaban J connectivity index is 1.86. The fraction of sp³-hybridized carbons (Fsp3) is 0.389. The van der Waals surface area contributed by atoms with Crippen LogP contribution in [0.2, 0.25) is 0 Å². The van der Waals surface area contributed by atoms with Crippen LogP contribution in [0.5, 0.6) is 0 Å². The Kier molecular flexibility index (Phi) is 6.47. The van der Waals surface area contributed by atoms with Crippen molar-refractivity contribution in [1.82, 2.24) is 10.4 Å². The van der Waals surface area contributed by atoms with Crippen molar-refractivity contribution in [3.05, 3.63) is 40.7 Å². The van der Waals surface area contributed by atoms with Crippen LogP contribution < -0.4 is 5.43 Å². The van der Waals surface area contributed by atoms with E-state index >= 15 is 0 Å². The number of hydrogen-bond acceptors (Lipinski definition) is 4. The number of nitrogens with one attached hydrogen (secondary N) is 1. The summed E-state index contributed by atoms with van der Waals surface area (Å²) in [6.45, 7) is 6.30. The first-order valence-corrected chi connectivity index (χ1v) is 8.74. The Bertz CT molecular complexity index is 662. The molecule has 0 fully saturated rings. The van der Waals surface area contributed by atoms with E-state index in [-0.39, 0.29) is 12.3 Å². The highest BCUT2D eigenvalue weighted by Gasteiger charge is 2.08. The molecule has 2 aromatic rings. The molecule has 0 aliphatic carbocycles. The average Bonchev–Trinajstić information content (AvgIpc) is 3.00. The van der Waals surface area contributed by atoms with Crippen LogP contribution in [-0.2, 0) is 11.2 Å². The van der Waals surface area contributed by atoms with Gasteiger partial charge in [-0.3, -0.25) is 4.79 Å². The summed E-state index contributed by atoms with van der Waals surface area (Å²) < 4.78 is 0. The maximum Gasteiger partial charge on any atom is 0.246 e. The van der Waals surface area contributed by atoms with Crippen molar-refractivity contribution in [2.45, 2.75) is 40.0 Å². The molecule has 0 unspecified atom stereocenters. The summed E-state index contributed by atoms with van der Waals surface area (Å²) in [5.74, 6) is 0.519. The second kappa shape index (κ2) is 8.58. The highest BCUT2D eigenvalue weighted by atomic mass is 32.1. The molecule has 1 aromatic carbocycles. The summed E-state index contributed by atoms with van der Waals surface area (Å²) >= 11 is 1.50. The molecule has 0 atom stereocenters. The molecule has 1 heterocycles. The molecule has 0 bridgehead atoms. The summed E-state index contributed by atoms with van der Waals surface area (Å²) in [5.41, 5.74) is 5.55. The van der Waals surface area contributed by atoms with Gasteiger partial charge in [0, 0.05) is 16.7 Å². The zero-order chi connectivity index (χ0) is 16.7. The third-order valence-corrected chi connectivity index (χ3v) is 4.24. The highest BCUT2D eigenvalue weighted by Crippen LogP contribution is 2.21. The molecule has 0 radical (unpaired) electrons. The van der Waals surface area contributed by atoms with Crippen LogP contribution in [-0.4, -0.2) is 16.6 Å². The molecule has 0 saturated carbocycles. The van der Waals surface area contributed by atoms with Gasteiger partial charge in [-0.1, -0.05) is 44.2 Å². The minimum Gasteiger partial charge on any atom is -0.273 e. The first-order valence-electron chi connectivity index (χ1n) is 7.86. The van der Waals surface area contributed by atoms with Gasteiger partial charge in [0.2, 0.25) is 5.91 Å². The van der Waals surface area contributed by atoms with Crippen molar-refractivity contribution in [3.63, 3.8) is 0 Å². The Morgan fingerprint density at radius 1 is 1.30 bits per heavy atom. The van der Waals surface area contributed by atoms with Gasteiger partial charge in [0.15, 0.2) is 0 Å². The van der Waals surface area contributed by atoms with E-state index in [2.05, 4.69) is 29.4 Å². The van der Waals surface area contributed by atoms with Gasteiger partial charge in [-0.25, -0.2) is 10.4 Å². The van der Waals surface area contributed by atoms with Gasteiger partial charge in [-0.05, 0) is 25.7 Å². The molecule has 122 valence electrons. The Morgan fingerprint density at radius 2 is 2.04 bits per heavy atom. The van der Waals surface area contributed by atoms with Gasteiger partial charge in [0.1, 0.15) is 5.01 Å². The molecule has 4 nitrogen and oxygen atoms in total. The third kappa shape index (κ3) is 5.94. The van der Waals surface area contributed by atoms with Crippen LogP contribution in [0.3, 0.4) is 0 Å². The minimum absolute atomic E-state index is 0.122. The number of carbonyl (C=O) groups excluding carboxylic acids is 1. The molecular formula is C18H23N3OS. The van der Waals surface area contributed by atoms with Crippen molar-refractivity contribution in [2.24, 2.45) is 11.0 Å². The van der Waals surface area contributed by atoms with E-state index in [1.807, 2.05) is 42.6 Å². The molecule has 0 aliphatic heterocycles. The maximum atomic E-state index is 11.9. The first kappa shape index (κ1) is 17.3. The monoisotopic (exact) mass is 329 g/mol. The Hall–Kier alpha value is -2.01. The second-order valence-corrected chi connectivity index (χ2v) is 6.93. The average molecular weight is 329 g/mol. The lowest BCUT2D eigenvalue weighted by atomic mass is 10.1. The topological polar surface area (TPSA) is 54.4 Å². The molecule has 0 spiro atoms. The van der Waals surface area contributed by atoms with E-state index in [1.54, 1.807) is 0 Å². The number of rotatable bonds is 7. The maximum absolute atomic E-state index is 11.9. The number of benzene rings is 1. The fourth-order valence-electron chi connectivity index (χ4n) is 2.02. The van der Waals surface area contributed by atoms with E-state index in [9.17, 15) is 4.79 Å². The van der Waals surface area contributed by atoms with Gasteiger partial charge < -0.3 is 0 Å². The van der Waals surface area contributed by atoms with E-state index < -0.39 is 0 Å². The number of thiazole rings is 1. The number of amides is 1. The van der Waals surface area contributed by atoms with E-state index in [0.29, 0.717) is 5.92 Å². The molecule has 0 saturated heterocycles. The first-order chi connectivity index (χ1) is 11.0. The quantitative estimate of drug-likeness (QED) is 0.609. The summed E-state index contributed by atoms with van der Waals surface area (Å²) in [7, 11) is 0. The second-order valence-electron chi connectivity index (χ2n) is 5.98. The largest absolute Gasteiger partial charge is 0.273 e. The summed E-state index contributed by atoms with van der Waals surface area (Å²) in [6.07, 6.45) is 2.25. The predicted octanol–water partition coefficient (Wildman–Crippen LogP) is 4.28. The van der Waals surface area contributed by atoms with Crippen LogP contribution in [0.4, 0.5) is 0 Å². The lowest BCUT2D eigenvalue weighted by Crippen LogP contribution is -2.21. The van der Waals surface area contributed by atoms with E-state index in [1.165, 1.54) is 11.3 Å². The lowest BCUT2D eigenvalue weighted by Gasteiger charge is -2.04. The Morgan fingerprint density at radius 3 is 2.74 bits per heavy atom. The van der Waals surface area contributed by atoms with Crippen molar-refractivity contribution in [2.75, 3.05) is 0 Å². The van der Waals surface area contributed by atoms with Gasteiger partial charge in [-0.2, -0.15) is 5.10 Å². The van der Waals surface area contributed by atoms with Crippen LogP contribution in [0.15, 0.2) is 40.8 Å². The number of hydrazone groups is 1. The highest BCUT2D eigenvalue weighted by molar-refractivity contribution is 7.10. The standard InChI is InChI=1S/C18H23N3OS/c1-13(2)9-10-14(3)20-21-17(22)11-18-19-16(12-23-18)15-7-5-4-6-8-15/h4-8,12-13H,9-11H2,1-3H3,(H,21,22)/b20-14-. The zero-order valence-electron chi connectivity index (χ0n) is 13.9. The summed E-state index contributed by atoms with van der Waals surface area (Å²) in [5, 5.41) is 6.93. The Labute approximate surface area is 141 Å². The molecule has 1 N–H and O–H groups in total. The molecule has 2 rings (SSSR count). The molecule has 0 aliphatic rings. The zero-order valence-corrected chi connectivity index (χ0v) is 14.7. The number of aromatic nitrogens is 1. The predicted molar refractivity (Wildman–Crippen MR) is 96.6 cm³/mol. The van der Waals surface area contributed by atoms with Gasteiger partial charge in [-0.15, -0.1) is 11.3 Å². The van der Waals surface area contributed by atoms with E-state index in [0.717, 1.165) is 34.8 Å². The fourth-order valence-corrected chi connectivity index (χ4v) is 2.82. The third-order valence-electron chi connectivity index (χ3n) is 3.39. The molecule has 1 aromatic heterocycles. The summed E-state index contributed by atoms with van der Waals surface area (Å²) in [6, 6.07) is 9.97. The lowest BCUT2D eigenvalue weighted by molar-refractivity contribution is -0.120. The van der Waals surface area contributed by atoms with Crippen molar-refractivity contribution in [3.8, 4) is 11.3 Å². The van der Waals surface area contributed by atoms with Crippen LogP contribution in [0.25, 0.3) is 11.3 Å². The normalized spacial score (nSPS) is 11.7. The smallest absolute Gasteiger partial charge is 0.246 e. The number of hydrogen-bond donors (Lipinski definition) is 1. The number of nitrogens with zero attached hydrogens (tertiary/aromatic N) is 2. The molecule has 5 heteroatoms. The number of carbonyl (C=O) groups is 1. The van der Waals surface area contributed by atoms with Crippen LogP contribution >= 0.6 is 11.3 Å². The van der Waals surface area contributed by atoms with Crippen LogP contribution in [0, 0.1) is 5.92 Å².